The monoisotopic (exact) mass is 232 g/mol. The summed E-state index contributed by atoms with van der Waals surface area (Å²) in [5.74, 6) is 0.326. The van der Waals surface area contributed by atoms with E-state index in [1.54, 1.807) is 22.9 Å². The topological polar surface area (TPSA) is 55.0 Å². The van der Waals surface area contributed by atoms with Crippen molar-refractivity contribution in [1.29, 1.82) is 5.26 Å². The van der Waals surface area contributed by atoms with Gasteiger partial charge in [0.25, 0.3) is 5.56 Å². The van der Waals surface area contributed by atoms with Crippen LogP contribution in [0.15, 0.2) is 35.3 Å². The lowest BCUT2D eigenvalue weighted by Gasteiger charge is -2.08. The van der Waals surface area contributed by atoms with Gasteiger partial charge in [0.2, 0.25) is 0 Å². The molecule has 0 N–H and O–H groups in total. The Kier molecular flexibility index (Phi) is 5.02. The second-order valence-corrected chi connectivity index (χ2v) is 3.88. The normalized spacial score (nSPS) is 9.65. The van der Waals surface area contributed by atoms with Crippen molar-refractivity contribution in [1.82, 2.24) is 4.57 Å². The third-order valence-electron chi connectivity index (χ3n) is 2.15. The van der Waals surface area contributed by atoms with Crippen molar-refractivity contribution in [3.63, 3.8) is 0 Å². The molecule has 1 heterocycles. The average molecular weight is 232 g/mol. The van der Waals surface area contributed by atoms with Crippen LogP contribution >= 0.6 is 0 Å². The van der Waals surface area contributed by atoms with Crippen molar-refractivity contribution in [3.05, 3.63) is 40.8 Å². The number of aryl methyl sites for hydroxylation is 1. The van der Waals surface area contributed by atoms with Gasteiger partial charge >= 0.3 is 0 Å². The third-order valence-corrected chi connectivity index (χ3v) is 2.15. The Hall–Kier alpha value is -2.02. The molecule has 1 aromatic heterocycles. The van der Waals surface area contributed by atoms with Gasteiger partial charge in [0.15, 0.2) is 5.75 Å². The molecule has 0 amide bonds. The Balaban J connectivity index is 2.74. The van der Waals surface area contributed by atoms with E-state index in [0.717, 1.165) is 5.57 Å². The molecule has 0 atom stereocenters. The lowest BCUT2D eigenvalue weighted by molar-refractivity contribution is 0.343. The smallest absolute Gasteiger partial charge is 0.292 e. The van der Waals surface area contributed by atoms with E-state index in [0.29, 0.717) is 31.7 Å². The summed E-state index contributed by atoms with van der Waals surface area (Å²) in [4.78, 5) is 11.9. The molecule has 0 radical (unpaired) electrons. The van der Waals surface area contributed by atoms with Crippen LogP contribution in [0.25, 0.3) is 0 Å². The molecule has 0 unspecified atom stereocenters. The zero-order valence-corrected chi connectivity index (χ0v) is 9.98. The van der Waals surface area contributed by atoms with Crippen LogP contribution in [-0.2, 0) is 6.54 Å². The van der Waals surface area contributed by atoms with Crippen LogP contribution in [0.5, 0.6) is 5.75 Å². The maximum atomic E-state index is 11.9. The molecule has 4 heteroatoms. The molecular weight excluding hydrogens is 216 g/mol. The van der Waals surface area contributed by atoms with E-state index in [1.165, 1.54) is 0 Å². The van der Waals surface area contributed by atoms with Gasteiger partial charge in [0.05, 0.1) is 6.07 Å². The van der Waals surface area contributed by atoms with Crippen LogP contribution in [-0.4, -0.2) is 11.2 Å². The van der Waals surface area contributed by atoms with E-state index in [2.05, 4.69) is 12.6 Å². The van der Waals surface area contributed by atoms with Gasteiger partial charge in [0, 0.05) is 19.2 Å². The van der Waals surface area contributed by atoms with Gasteiger partial charge in [-0.1, -0.05) is 6.58 Å². The van der Waals surface area contributed by atoms with E-state index in [9.17, 15) is 4.79 Å². The minimum atomic E-state index is -0.160. The number of nitriles is 1. The number of hydrogen-bond donors (Lipinski definition) is 0. The van der Waals surface area contributed by atoms with E-state index in [1.807, 2.05) is 6.92 Å². The molecule has 0 aliphatic heterocycles. The first-order valence-electron chi connectivity index (χ1n) is 5.48. The minimum Gasteiger partial charge on any atom is -0.484 e. The highest BCUT2D eigenvalue weighted by Crippen LogP contribution is 2.04. The van der Waals surface area contributed by atoms with Crippen molar-refractivity contribution in [2.75, 3.05) is 6.61 Å². The molecule has 17 heavy (non-hydrogen) atoms. The van der Waals surface area contributed by atoms with Crippen molar-refractivity contribution in [3.8, 4) is 11.8 Å². The molecule has 0 aliphatic rings. The van der Waals surface area contributed by atoms with Crippen LogP contribution < -0.4 is 10.3 Å². The summed E-state index contributed by atoms with van der Waals surface area (Å²) in [6, 6.07) is 5.46. The first-order valence-corrected chi connectivity index (χ1v) is 5.48. The molecular formula is C13H16N2O2. The van der Waals surface area contributed by atoms with Gasteiger partial charge in [-0.3, -0.25) is 4.79 Å². The SMILES string of the molecule is C=C(C)COc1cccn(CCCC#N)c1=O. The van der Waals surface area contributed by atoms with E-state index in [4.69, 9.17) is 10.00 Å². The van der Waals surface area contributed by atoms with Gasteiger partial charge in [0.1, 0.15) is 6.61 Å². The largest absolute Gasteiger partial charge is 0.484 e. The molecule has 4 nitrogen and oxygen atoms in total. The van der Waals surface area contributed by atoms with Crippen LogP contribution in [0.2, 0.25) is 0 Å². The Bertz CT molecular complexity index is 483. The summed E-state index contributed by atoms with van der Waals surface area (Å²) in [6.07, 6.45) is 2.82. The van der Waals surface area contributed by atoms with E-state index >= 15 is 0 Å². The summed E-state index contributed by atoms with van der Waals surface area (Å²) < 4.78 is 6.91. The number of pyridine rings is 1. The molecule has 0 saturated carbocycles. The molecule has 0 saturated heterocycles. The molecule has 0 aromatic carbocycles. The van der Waals surface area contributed by atoms with Crippen molar-refractivity contribution in [2.24, 2.45) is 0 Å². The molecule has 0 aliphatic carbocycles. The summed E-state index contributed by atoms with van der Waals surface area (Å²) in [5, 5.41) is 8.44. The summed E-state index contributed by atoms with van der Waals surface area (Å²) in [7, 11) is 0. The van der Waals surface area contributed by atoms with Crippen molar-refractivity contribution in [2.45, 2.75) is 26.3 Å². The highest BCUT2D eigenvalue weighted by molar-refractivity contribution is 5.18. The fourth-order valence-corrected chi connectivity index (χ4v) is 1.33. The Morgan fingerprint density at radius 3 is 3.06 bits per heavy atom. The van der Waals surface area contributed by atoms with Crippen LogP contribution in [0.3, 0.4) is 0 Å². The lowest BCUT2D eigenvalue weighted by atomic mass is 10.3. The quantitative estimate of drug-likeness (QED) is 0.557. The molecule has 0 spiro atoms. The molecule has 0 bridgehead atoms. The van der Waals surface area contributed by atoms with Gasteiger partial charge in [-0.25, -0.2) is 0 Å². The highest BCUT2D eigenvalue weighted by atomic mass is 16.5. The van der Waals surface area contributed by atoms with Crippen LogP contribution in [0.4, 0.5) is 0 Å². The van der Waals surface area contributed by atoms with Gasteiger partial charge in [-0.15, -0.1) is 0 Å². The first-order chi connectivity index (χ1) is 8.15. The lowest BCUT2D eigenvalue weighted by Crippen LogP contribution is -2.21. The number of aromatic nitrogens is 1. The molecule has 90 valence electrons. The summed E-state index contributed by atoms with van der Waals surface area (Å²) >= 11 is 0. The number of ether oxygens (including phenoxy) is 1. The number of rotatable bonds is 6. The Morgan fingerprint density at radius 1 is 1.65 bits per heavy atom. The third kappa shape index (κ3) is 4.15. The fraction of sp³-hybridized carbons (Fsp3) is 0.385. The maximum absolute atomic E-state index is 11.9. The van der Waals surface area contributed by atoms with Gasteiger partial charge in [-0.05, 0) is 31.1 Å². The molecule has 1 rings (SSSR count). The van der Waals surface area contributed by atoms with Crippen LogP contribution in [0, 0.1) is 11.3 Å². The standard InChI is InChI=1S/C13H16N2O2/c1-11(2)10-17-12-6-5-9-15(13(12)16)8-4-3-7-14/h5-6,9H,1,3-4,8,10H2,2H3. The number of hydrogen-bond acceptors (Lipinski definition) is 3. The zero-order valence-electron chi connectivity index (χ0n) is 9.98. The Labute approximate surface area is 101 Å². The predicted molar refractivity (Wildman–Crippen MR) is 65.9 cm³/mol. The minimum absolute atomic E-state index is 0.160. The second-order valence-electron chi connectivity index (χ2n) is 3.88. The predicted octanol–water partition coefficient (Wildman–Crippen LogP) is 2.11. The average Bonchev–Trinajstić information content (AvgIpc) is 2.30. The Morgan fingerprint density at radius 2 is 2.41 bits per heavy atom. The highest BCUT2D eigenvalue weighted by Gasteiger charge is 2.03. The zero-order chi connectivity index (χ0) is 12.7. The van der Waals surface area contributed by atoms with Crippen molar-refractivity contribution >= 4 is 0 Å². The summed E-state index contributed by atoms with van der Waals surface area (Å²) in [6.45, 7) is 6.44. The first kappa shape index (κ1) is 13.0. The fourth-order valence-electron chi connectivity index (χ4n) is 1.33. The van der Waals surface area contributed by atoms with Crippen LogP contribution in [0.1, 0.15) is 19.8 Å². The summed E-state index contributed by atoms with van der Waals surface area (Å²) in [5.41, 5.74) is 0.705. The molecule has 0 fully saturated rings. The number of nitrogens with zero attached hydrogens (tertiary/aromatic N) is 2. The maximum Gasteiger partial charge on any atom is 0.292 e. The van der Waals surface area contributed by atoms with Gasteiger partial charge in [-0.2, -0.15) is 5.26 Å². The molecule has 1 aromatic rings. The van der Waals surface area contributed by atoms with Gasteiger partial charge < -0.3 is 9.30 Å². The second kappa shape index (κ2) is 6.54. The van der Waals surface area contributed by atoms with Crippen molar-refractivity contribution < 1.29 is 4.74 Å². The van der Waals surface area contributed by atoms with E-state index < -0.39 is 0 Å². The number of unbranched alkanes of at least 4 members (excludes halogenated alkanes) is 1. The van der Waals surface area contributed by atoms with E-state index in [-0.39, 0.29) is 5.56 Å².